The Labute approximate surface area is 74.5 Å². The van der Waals surface area contributed by atoms with Gasteiger partial charge in [0, 0.05) is 13.1 Å². The van der Waals surface area contributed by atoms with Gasteiger partial charge in [0.15, 0.2) is 0 Å². The van der Waals surface area contributed by atoms with Gasteiger partial charge >= 0.3 is 17.8 Å². The lowest BCUT2D eigenvalue weighted by molar-refractivity contribution is -0.155. The fourth-order valence-corrected chi connectivity index (χ4v) is 1.10. The number of rotatable bonds is 2. The maximum absolute atomic E-state index is 11.1. The standard InChI is InChI=1S/C7H10N2O4/c1-4(7(12)13)9-3-2-8-5(10)6(9)11/h4H,2-3H2,1H3,(H,8,10)(H,12,13). The van der Waals surface area contributed by atoms with Crippen LogP contribution in [0, 0.1) is 0 Å². The van der Waals surface area contributed by atoms with Gasteiger partial charge in [-0.05, 0) is 6.92 Å². The summed E-state index contributed by atoms with van der Waals surface area (Å²) in [4.78, 5) is 33.5. The third-order valence-corrected chi connectivity index (χ3v) is 1.92. The van der Waals surface area contributed by atoms with E-state index in [4.69, 9.17) is 5.11 Å². The maximum atomic E-state index is 11.1. The van der Waals surface area contributed by atoms with E-state index in [2.05, 4.69) is 5.32 Å². The van der Waals surface area contributed by atoms with Crippen LogP contribution in [0.15, 0.2) is 0 Å². The van der Waals surface area contributed by atoms with Crippen molar-refractivity contribution in [3.8, 4) is 0 Å². The molecule has 1 fully saturated rings. The topological polar surface area (TPSA) is 86.7 Å². The van der Waals surface area contributed by atoms with Gasteiger partial charge in [0.2, 0.25) is 0 Å². The van der Waals surface area contributed by atoms with Gasteiger partial charge in [0.1, 0.15) is 6.04 Å². The predicted octanol–water partition coefficient (Wildman–Crippen LogP) is -1.58. The molecule has 0 aromatic carbocycles. The van der Waals surface area contributed by atoms with Crippen molar-refractivity contribution in [2.75, 3.05) is 13.1 Å². The molecule has 1 atom stereocenters. The molecule has 1 unspecified atom stereocenters. The highest BCUT2D eigenvalue weighted by atomic mass is 16.4. The highest BCUT2D eigenvalue weighted by Crippen LogP contribution is 2.02. The molecule has 72 valence electrons. The Hall–Kier alpha value is -1.59. The maximum Gasteiger partial charge on any atom is 0.326 e. The summed E-state index contributed by atoms with van der Waals surface area (Å²) in [6, 6.07) is -0.946. The molecule has 0 aromatic rings. The molecule has 1 saturated heterocycles. The van der Waals surface area contributed by atoms with Crippen LogP contribution in [-0.2, 0) is 14.4 Å². The highest BCUT2D eigenvalue weighted by molar-refractivity contribution is 6.35. The largest absolute Gasteiger partial charge is 0.480 e. The zero-order valence-electron chi connectivity index (χ0n) is 7.11. The Kier molecular flexibility index (Phi) is 2.50. The first-order valence-electron chi connectivity index (χ1n) is 3.85. The summed E-state index contributed by atoms with van der Waals surface area (Å²) in [7, 11) is 0. The van der Waals surface area contributed by atoms with Crippen LogP contribution in [0.5, 0.6) is 0 Å². The number of hydrogen-bond donors (Lipinski definition) is 2. The van der Waals surface area contributed by atoms with Crippen LogP contribution in [0.2, 0.25) is 0 Å². The molecule has 1 rings (SSSR count). The van der Waals surface area contributed by atoms with Gasteiger partial charge in [0.05, 0.1) is 0 Å². The molecule has 2 N–H and O–H groups in total. The monoisotopic (exact) mass is 186 g/mol. The zero-order chi connectivity index (χ0) is 10.0. The Morgan fingerprint density at radius 2 is 2.23 bits per heavy atom. The normalized spacial score (nSPS) is 19.6. The number of nitrogens with zero attached hydrogens (tertiary/aromatic N) is 1. The summed E-state index contributed by atoms with van der Waals surface area (Å²) in [6.45, 7) is 1.93. The molecule has 6 nitrogen and oxygen atoms in total. The second-order valence-corrected chi connectivity index (χ2v) is 2.77. The minimum atomic E-state index is -1.11. The average molecular weight is 186 g/mol. The molecule has 1 aliphatic heterocycles. The number of piperazine rings is 1. The second-order valence-electron chi connectivity index (χ2n) is 2.77. The van der Waals surface area contributed by atoms with Crippen LogP contribution >= 0.6 is 0 Å². The van der Waals surface area contributed by atoms with E-state index in [1.165, 1.54) is 6.92 Å². The van der Waals surface area contributed by atoms with Crippen molar-refractivity contribution in [1.82, 2.24) is 10.2 Å². The van der Waals surface area contributed by atoms with Gasteiger partial charge in [-0.3, -0.25) is 9.59 Å². The number of nitrogens with one attached hydrogen (secondary N) is 1. The van der Waals surface area contributed by atoms with E-state index < -0.39 is 23.8 Å². The smallest absolute Gasteiger partial charge is 0.326 e. The summed E-state index contributed by atoms with van der Waals surface area (Å²) < 4.78 is 0. The molecular weight excluding hydrogens is 176 g/mol. The molecule has 6 heteroatoms. The van der Waals surface area contributed by atoms with Crippen molar-refractivity contribution < 1.29 is 19.5 Å². The lowest BCUT2D eigenvalue weighted by Gasteiger charge is -2.29. The van der Waals surface area contributed by atoms with Crippen LogP contribution in [-0.4, -0.2) is 46.9 Å². The van der Waals surface area contributed by atoms with Crippen LogP contribution < -0.4 is 5.32 Å². The summed E-state index contributed by atoms with van der Waals surface area (Å²) >= 11 is 0. The molecule has 1 aliphatic rings. The van der Waals surface area contributed by atoms with E-state index in [0.29, 0.717) is 6.54 Å². The Morgan fingerprint density at radius 1 is 1.62 bits per heavy atom. The third kappa shape index (κ3) is 1.77. The van der Waals surface area contributed by atoms with E-state index in [1.807, 2.05) is 0 Å². The minimum Gasteiger partial charge on any atom is -0.480 e. The lowest BCUT2D eigenvalue weighted by Crippen LogP contribution is -2.56. The summed E-state index contributed by atoms with van der Waals surface area (Å²) in [5.74, 6) is -2.62. The Balaban J connectivity index is 2.73. The summed E-state index contributed by atoms with van der Waals surface area (Å²) in [5, 5.41) is 10.9. The summed E-state index contributed by atoms with van der Waals surface area (Å²) in [5.41, 5.74) is 0. The number of amides is 2. The average Bonchev–Trinajstić information content (AvgIpc) is 2.08. The zero-order valence-corrected chi connectivity index (χ0v) is 7.11. The van der Waals surface area contributed by atoms with Crippen molar-refractivity contribution in [3.63, 3.8) is 0 Å². The molecule has 0 radical (unpaired) electrons. The molecule has 2 amide bonds. The van der Waals surface area contributed by atoms with E-state index in [1.54, 1.807) is 0 Å². The van der Waals surface area contributed by atoms with Crippen LogP contribution in [0.3, 0.4) is 0 Å². The van der Waals surface area contributed by atoms with Crippen LogP contribution in [0.1, 0.15) is 6.92 Å². The Bertz CT molecular complexity index is 263. The van der Waals surface area contributed by atoms with Gasteiger partial charge in [-0.25, -0.2) is 4.79 Å². The van der Waals surface area contributed by atoms with Crippen molar-refractivity contribution in [3.05, 3.63) is 0 Å². The van der Waals surface area contributed by atoms with E-state index in [0.717, 1.165) is 4.90 Å². The van der Waals surface area contributed by atoms with Gasteiger partial charge in [0.25, 0.3) is 0 Å². The highest BCUT2D eigenvalue weighted by Gasteiger charge is 2.32. The summed E-state index contributed by atoms with van der Waals surface area (Å²) in [6.07, 6.45) is 0. The van der Waals surface area contributed by atoms with Gasteiger partial charge < -0.3 is 15.3 Å². The predicted molar refractivity (Wildman–Crippen MR) is 41.8 cm³/mol. The fraction of sp³-hybridized carbons (Fsp3) is 0.571. The van der Waals surface area contributed by atoms with Crippen molar-refractivity contribution in [2.45, 2.75) is 13.0 Å². The first-order valence-corrected chi connectivity index (χ1v) is 3.85. The third-order valence-electron chi connectivity index (χ3n) is 1.92. The molecule has 0 spiro atoms. The number of carbonyl (C=O) groups excluding carboxylic acids is 2. The van der Waals surface area contributed by atoms with Gasteiger partial charge in [-0.2, -0.15) is 0 Å². The molecular formula is C7H10N2O4. The van der Waals surface area contributed by atoms with Crippen molar-refractivity contribution >= 4 is 17.8 Å². The molecule has 13 heavy (non-hydrogen) atoms. The quantitative estimate of drug-likeness (QED) is 0.509. The van der Waals surface area contributed by atoms with E-state index >= 15 is 0 Å². The first kappa shape index (κ1) is 9.50. The number of hydrogen-bond acceptors (Lipinski definition) is 3. The van der Waals surface area contributed by atoms with Crippen molar-refractivity contribution in [2.24, 2.45) is 0 Å². The first-order chi connectivity index (χ1) is 6.04. The van der Waals surface area contributed by atoms with Crippen LogP contribution in [0.4, 0.5) is 0 Å². The Morgan fingerprint density at radius 3 is 2.77 bits per heavy atom. The lowest BCUT2D eigenvalue weighted by atomic mass is 10.2. The molecule has 0 aromatic heterocycles. The number of carboxylic acids is 1. The molecule has 0 saturated carbocycles. The molecule has 0 aliphatic carbocycles. The molecule has 1 heterocycles. The van der Waals surface area contributed by atoms with Crippen molar-refractivity contribution in [1.29, 1.82) is 0 Å². The van der Waals surface area contributed by atoms with E-state index in [-0.39, 0.29) is 6.54 Å². The second kappa shape index (κ2) is 3.42. The van der Waals surface area contributed by atoms with Gasteiger partial charge in [-0.1, -0.05) is 0 Å². The van der Waals surface area contributed by atoms with E-state index in [9.17, 15) is 14.4 Å². The minimum absolute atomic E-state index is 0.248. The SMILES string of the molecule is CC(C(=O)O)N1CCNC(=O)C1=O. The fourth-order valence-electron chi connectivity index (χ4n) is 1.10. The molecule has 0 bridgehead atoms. The van der Waals surface area contributed by atoms with Gasteiger partial charge in [-0.15, -0.1) is 0 Å². The number of aliphatic carboxylic acids is 1. The number of carbonyl (C=O) groups is 3. The number of carboxylic acid groups (broad SMARTS) is 1. The van der Waals surface area contributed by atoms with Crippen LogP contribution in [0.25, 0.3) is 0 Å².